The Bertz CT molecular complexity index is 662. The van der Waals surface area contributed by atoms with E-state index in [0.29, 0.717) is 5.69 Å². The molecule has 0 unspecified atom stereocenters. The molecule has 104 valence electrons. The molecule has 0 bridgehead atoms. The average Bonchev–Trinajstić information content (AvgIpc) is 2.81. The molecule has 2 heterocycles. The molecule has 2 rings (SSSR count). The van der Waals surface area contributed by atoms with Gasteiger partial charge in [0.05, 0.1) is 12.2 Å². The summed E-state index contributed by atoms with van der Waals surface area (Å²) in [6.45, 7) is 7.21. The number of rotatable bonds is 4. The van der Waals surface area contributed by atoms with Crippen molar-refractivity contribution < 1.29 is 12.9 Å². The predicted octanol–water partition coefficient (Wildman–Crippen LogP) is 1.84. The maximum absolute atomic E-state index is 12.2. The summed E-state index contributed by atoms with van der Waals surface area (Å²) < 4.78 is 31.7. The fourth-order valence-electron chi connectivity index (χ4n) is 1.70. The molecule has 6 nitrogen and oxygen atoms in total. The normalized spacial score (nSPS) is 12.0. The Kier molecular flexibility index (Phi) is 3.75. The number of hydrogen-bond donors (Lipinski definition) is 1. The third kappa shape index (κ3) is 2.85. The number of thiazole rings is 1. The first-order chi connectivity index (χ1) is 8.81. The van der Waals surface area contributed by atoms with Gasteiger partial charge in [-0.2, -0.15) is 0 Å². The molecule has 0 radical (unpaired) electrons. The van der Waals surface area contributed by atoms with E-state index in [1.54, 1.807) is 13.8 Å². The lowest BCUT2D eigenvalue weighted by Gasteiger charge is -2.03. The standard InChI is InChI=1S/C11H15N3O3S2/c1-6-9(4)18-10(13-6)5-12-19(15,16)11-7(2)14-17-8(11)3/h12H,5H2,1-4H3. The molecule has 0 saturated carbocycles. The van der Waals surface area contributed by atoms with Crippen molar-refractivity contribution in [3.8, 4) is 0 Å². The Labute approximate surface area is 115 Å². The lowest BCUT2D eigenvalue weighted by atomic mass is 10.4. The number of hydrogen-bond acceptors (Lipinski definition) is 6. The third-order valence-corrected chi connectivity index (χ3v) is 5.44. The molecular formula is C11H15N3O3S2. The number of nitrogens with zero attached hydrogens (tertiary/aromatic N) is 2. The van der Waals surface area contributed by atoms with Gasteiger partial charge in [-0.3, -0.25) is 0 Å². The second-order valence-corrected chi connectivity index (χ2v) is 7.22. The van der Waals surface area contributed by atoms with Gasteiger partial charge in [-0.05, 0) is 27.7 Å². The van der Waals surface area contributed by atoms with Crippen LogP contribution in [0.1, 0.15) is 27.0 Å². The van der Waals surface area contributed by atoms with Crippen LogP contribution in [0.2, 0.25) is 0 Å². The van der Waals surface area contributed by atoms with Crippen LogP contribution >= 0.6 is 11.3 Å². The van der Waals surface area contributed by atoms with Gasteiger partial charge in [-0.15, -0.1) is 11.3 Å². The van der Waals surface area contributed by atoms with Crippen LogP contribution in [0.15, 0.2) is 9.42 Å². The lowest BCUT2D eigenvalue weighted by molar-refractivity contribution is 0.390. The second kappa shape index (κ2) is 5.03. The molecule has 0 aliphatic rings. The molecule has 0 atom stereocenters. The molecule has 0 fully saturated rings. The van der Waals surface area contributed by atoms with Crippen molar-refractivity contribution in [1.82, 2.24) is 14.9 Å². The van der Waals surface area contributed by atoms with Crippen molar-refractivity contribution in [2.75, 3.05) is 0 Å². The van der Waals surface area contributed by atoms with Crippen LogP contribution < -0.4 is 4.72 Å². The molecule has 2 aromatic heterocycles. The van der Waals surface area contributed by atoms with Gasteiger partial charge in [0, 0.05) is 4.88 Å². The topological polar surface area (TPSA) is 85.1 Å². The summed E-state index contributed by atoms with van der Waals surface area (Å²) in [4.78, 5) is 5.49. The predicted molar refractivity (Wildman–Crippen MR) is 71.6 cm³/mol. The van der Waals surface area contributed by atoms with Crippen LogP contribution in [-0.4, -0.2) is 18.6 Å². The molecule has 0 aromatic carbocycles. The number of nitrogens with one attached hydrogen (secondary N) is 1. The van der Waals surface area contributed by atoms with Gasteiger partial charge >= 0.3 is 0 Å². The highest BCUT2D eigenvalue weighted by atomic mass is 32.2. The smallest absolute Gasteiger partial charge is 0.246 e. The number of sulfonamides is 1. The van der Waals surface area contributed by atoms with Gasteiger partial charge in [0.25, 0.3) is 0 Å². The largest absolute Gasteiger partial charge is 0.360 e. The Morgan fingerprint density at radius 1 is 1.21 bits per heavy atom. The molecule has 0 aliphatic heterocycles. The zero-order valence-corrected chi connectivity index (χ0v) is 12.8. The van der Waals surface area contributed by atoms with E-state index >= 15 is 0 Å². The van der Waals surface area contributed by atoms with Crippen molar-refractivity contribution in [3.63, 3.8) is 0 Å². The Morgan fingerprint density at radius 2 is 1.89 bits per heavy atom. The van der Waals surface area contributed by atoms with Crippen LogP contribution in [0.3, 0.4) is 0 Å². The summed E-state index contributed by atoms with van der Waals surface area (Å²) in [6, 6.07) is 0. The summed E-state index contributed by atoms with van der Waals surface area (Å²) in [6.07, 6.45) is 0. The van der Waals surface area contributed by atoms with Gasteiger partial charge in [-0.1, -0.05) is 5.16 Å². The molecule has 0 aliphatic carbocycles. The van der Waals surface area contributed by atoms with Gasteiger partial charge in [0.2, 0.25) is 10.0 Å². The summed E-state index contributed by atoms with van der Waals surface area (Å²) in [7, 11) is -3.62. The zero-order valence-electron chi connectivity index (χ0n) is 11.1. The number of aryl methyl sites for hydroxylation is 4. The second-order valence-electron chi connectivity index (χ2n) is 4.23. The fourth-order valence-corrected chi connectivity index (χ4v) is 3.98. The van der Waals surface area contributed by atoms with Crippen LogP contribution in [0.25, 0.3) is 0 Å². The van der Waals surface area contributed by atoms with E-state index in [9.17, 15) is 8.42 Å². The van der Waals surface area contributed by atoms with E-state index in [2.05, 4.69) is 14.9 Å². The summed E-state index contributed by atoms with van der Waals surface area (Å²) in [5.41, 5.74) is 1.29. The van der Waals surface area contributed by atoms with Crippen LogP contribution in [0.4, 0.5) is 0 Å². The minimum Gasteiger partial charge on any atom is -0.360 e. The van der Waals surface area contributed by atoms with E-state index in [1.807, 2.05) is 13.8 Å². The van der Waals surface area contributed by atoms with E-state index in [-0.39, 0.29) is 17.2 Å². The Morgan fingerprint density at radius 3 is 2.37 bits per heavy atom. The summed E-state index contributed by atoms with van der Waals surface area (Å²) >= 11 is 1.48. The highest BCUT2D eigenvalue weighted by molar-refractivity contribution is 7.89. The SMILES string of the molecule is Cc1nc(CNS(=O)(=O)c2c(C)noc2C)sc1C. The van der Waals surface area contributed by atoms with Crippen molar-refractivity contribution in [3.05, 3.63) is 27.0 Å². The lowest BCUT2D eigenvalue weighted by Crippen LogP contribution is -2.24. The van der Waals surface area contributed by atoms with Gasteiger partial charge in [-0.25, -0.2) is 18.1 Å². The Balaban J connectivity index is 2.19. The molecule has 8 heteroatoms. The first-order valence-electron chi connectivity index (χ1n) is 5.66. The third-order valence-electron chi connectivity index (χ3n) is 2.72. The quantitative estimate of drug-likeness (QED) is 0.931. The monoisotopic (exact) mass is 301 g/mol. The van der Waals surface area contributed by atoms with Crippen molar-refractivity contribution >= 4 is 21.4 Å². The fraction of sp³-hybridized carbons (Fsp3) is 0.455. The highest BCUT2D eigenvalue weighted by Crippen LogP contribution is 2.20. The first-order valence-corrected chi connectivity index (χ1v) is 7.96. The minimum absolute atomic E-state index is 0.109. The maximum atomic E-state index is 12.2. The van der Waals surface area contributed by atoms with Crippen LogP contribution in [-0.2, 0) is 16.6 Å². The van der Waals surface area contributed by atoms with E-state index in [4.69, 9.17) is 4.52 Å². The maximum Gasteiger partial charge on any atom is 0.246 e. The van der Waals surface area contributed by atoms with Crippen molar-refractivity contribution in [2.45, 2.75) is 39.1 Å². The molecule has 0 spiro atoms. The summed E-state index contributed by atoms with van der Waals surface area (Å²) in [5.74, 6) is 0.288. The van der Waals surface area contributed by atoms with Gasteiger partial charge < -0.3 is 4.52 Å². The molecule has 0 amide bonds. The van der Waals surface area contributed by atoms with Gasteiger partial charge in [0.1, 0.15) is 15.6 Å². The van der Waals surface area contributed by atoms with Gasteiger partial charge in [0.15, 0.2) is 5.76 Å². The van der Waals surface area contributed by atoms with Crippen molar-refractivity contribution in [1.29, 1.82) is 0 Å². The van der Waals surface area contributed by atoms with Crippen molar-refractivity contribution in [2.24, 2.45) is 0 Å². The molecule has 2 aromatic rings. The zero-order chi connectivity index (χ0) is 14.2. The van der Waals surface area contributed by atoms with E-state index in [1.165, 1.54) is 11.3 Å². The van der Waals surface area contributed by atoms with E-state index in [0.717, 1.165) is 15.6 Å². The molecule has 0 saturated heterocycles. The molecular weight excluding hydrogens is 286 g/mol. The molecule has 19 heavy (non-hydrogen) atoms. The average molecular weight is 301 g/mol. The van der Waals surface area contributed by atoms with Crippen LogP contribution in [0.5, 0.6) is 0 Å². The van der Waals surface area contributed by atoms with Crippen LogP contribution in [0, 0.1) is 27.7 Å². The first kappa shape index (κ1) is 14.2. The van der Waals surface area contributed by atoms with E-state index < -0.39 is 10.0 Å². The number of aromatic nitrogens is 2. The summed E-state index contributed by atoms with van der Waals surface area (Å²) in [5, 5.41) is 4.39. The molecule has 1 N–H and O–H groups in total. The Hall–Kier alpha value is -1.25. The minimum atomic E-state index is -3.62. The highest BCUT2D eigenvalue weighted by Gasteiger charge is 2.24.